The topological polar surface area (TPSA) is 96.9 Å². The number of carbonyl (C=O) groups is 2. The Morgan fingerprint density at radius 1 is 1.25 bits per heavy atom. The molecule has 0 unspecified atom stereocenters. The minimum atomic E-state index is -1.31. The predicted molar refractivity (Wildman–Crippen MR) is 101 cm³/mol. The van der Waals surface area contributed by atoms with Crippen molar-refractivity contribution in [2.24, 2.45) is 5.41 Å². The SMILES string of the molecule is CC1(C)OCC(C)(C)[C@H](C(=O)NCC[C@H](O)C(=O)NCc2ccccc2F)O1. The maximum Gasteiger partial charge on any atom is 0.249 e. The number of rotatable bonds is 7. The summed E-state index contributed by atoms with van der Waals surface area (Å²) in [6.07, 6.45) is -1.99. The van der Waals surface area contributed by atoms with Crippen molar-refractivity contribution in [3.05, 3.63) is 35.6 Å². The molecule has 1 aliphatic rings. The Bertz CT molecular complexity index is 708. The first kappa shape index (κ1) is 22.3. The van der Waals surface area contributed by atoms with Gasteiger partial charge in [0.2, 0.25) is 11.8 Å². The molecule has 0 bridgehead atoms. The van der Waals surface area contributed by atoms with E-state index in [0.717, 1.165) is 0 Å². The lowest BCUT2D eigenvalue weighted by Gasteiger charge is -2.44. The fourth-order valence-electron chi connectivity index (χ4n) is 2.82. The molecule has 0 saturated carbocycles. The number of nitrogens with one attached hydrogen (secondary N) is 2. The zero-order valence-electron chi connectivity index (χ0n) is 16.8. The van der Waals surface area contributed by atoms with E-state index < -0.39 is 35.1 Å². The molecule has 1 aromatic rings. The van der Waals surface area contributed by atoms with Crippen molar-refractivity contribution < 1.29 is 28.6 Å². The first-order valence-electron chi connectivity index (χ1n) is 9.30. The lowest BCUT2D eigenvalue weighted by molar-refractivity contribution is -0.304. The molecule has 1 aromatic carbocycles. The summed E-state index contributed by atoms with van der Waals surface area (Å²) < 4.78 is 24.9. The van der Waals surface area contributed by atoms with Crippen LogP contribution < -0.4 is 10.6 Å². The second kappa shape index (κ2) is 8.98. The molecule has 0 aromatic heterocycles. The molecule has 156 valence electrons. The maximum atomic E-state index is 13.5. The van der Waals surface area contributed by atoms with Crippen LogP contribution in [0.15, 0.2) is 24.3 Å². The van der Waals surface area contributed by atoms with Gasteiger partial charge in [-0.1, -0.05) is 32.0 Å². The summed E-state index contributed by atoms with van der Waals surface area (Å²) in [5.41, 5.74) is -0.173. The molecule has 2 rings (SSSR count). The molecule has 7 nitrogen and oxygen atoms in total. The molecule has 1 saturated heterocycles. The normalized spacial score (nSPS) is 21.6. The Balaban J connectivity index is 1.77. The van der Waals surface area contributed by atoms with Crippen LogP contribution >= 0.6 is 0 Å². The van der Waals surface area contributed by atoms with Crippen molar-refractivity contribution in [1.82, 2.24) is 10.6 Å². The van der Waals surface area contributed by atoms with E-state index in [2.05, 4.69) is 10.6 Å². The van der Waals surface area contributed by atoms with Crippen LogP contribution in [-0.2, 0) is 25.6 Å². The zero-order valence-corrected chi connectivity index (χ0v) is 16.8. The first-order valence-corrected chi connectivity index (χ1v) is 9.30. The van der Waals surface area contributed by atoms with E-state index in [1.165, 1.54) is 6.07 Å². The molecule has 0 radical (unpaired) electrons. The van der Waals surface area contributed by atoms with E-state index in [0.29, 0.717) is 12.2 Å². The Labute approximate surface area is 164 Å². The molecule has 1 fully saturated rings. The highest BCUT2D eigenvalue weighted by Crippen LogP contribution is 2.34. The highest BCUT2D eigenvalue weighted by molar-refractivity contribution is 5.82. The van der Waals surface area contributed by atoms with Crippen LogP contribution in [0, 0.1) is 11.2 Å². The molecule has 2 atom stereocenters. The van der Waals surface area contributed by atoms with Gasteiger partial charge in [-0.2, -0.15) is 0 Å². The van der Waals surface area contributed by atoms with Crippen LogP contribution in [0.4, 0.5) is 4.39 Å². The molecule has 8 heteroatoms. The standard InChI is InChI=1S/C20H29FN2O5/c1-19(2)12-27-20(3,4)28-16(19)18(26)22-10-9-15(24)17(25)23-11-13-7-5-6-8-14(13)21/h5-8,15-16,24H,9-12H2,1-4H3,(H,22,26)(H,23,25)/t15-,16-/m0/s1. The van der Waals surface area contributed by atoms with Crippen LogP contribution in [0.3, 0.4) is 0 Å². The van der Waals surface area contributed by atoms with Gasteiger partial charge in [-0.15, -0.1) is 0 Å². The fraction of sp³-hybridized carbons (Fsp3) is 0.600. The minimum Gasteiger partial charge on any atom is -0.383 e. The lowest BCUT2D eigenvalue weighted by Crippen LogP contribution is -2.56. The maximum absolute atomic E-state index is 13.5. The van der Waals surface area contributed by atoms with Crippen LogP contribution in [0.1, 0.15) is 39.7 Å². The van der Waals surface area contributed by atoms with Crippen molar-refractivity contribution in [2.45, 2.75) is 58.7 Å². The van der Waals surface area contributed by atoms with Crippen LogP contribution in [0.2, 0.25) is 0 Å². The number of hydrogen-bond donors (Lipinski definition) is 3. The third kappa shape index (κ3) is 5.98. The van der Waals surface area contributed by atoms with Gasteiger partial charge in [-0.25, -0.2) is 4.39 Å². The summed E-state index contributed by atoms with van der Waals surface area (Å²) in [7, 11) is 0. The Hall–Kier alpha value is -2.03. The smallest absolute Gasteiger partial charge is 0.249 e. The second-order valence-corrected chi connectivity index (χ2v) is 8.08. The summed E-state index contributed by atoms with van der Waals surface area (Å²) in [6.45, 7) is 7.69. The molecule has 1 aliphatic heterocycles. The Kier molecular flexibility index (Phi) is 7.14. The van der Waals surface area contributed by atoms with Gasteiger partial charge in [0.1, 0.15) is 18.0 Å². The van der Waals surface area contributed by atoms with Gasteiger partial charge in [0.25, 0.3) is 0 Å². The molecule has 2 amide bonds. The summed E-state index contributed by atoms with van der Waals surface area (Å²) in [4.78, 5) is 24.4. The monoisotopic (exact) mass is 396 g/mol. The number of carbonyl (C=O) groups excluding carboxylic acids is 2. The van der Waals surface area contributed by atoms with Crippen molar-refractivity contribution in [2.75, 3.05) is 13.2 Å². The molecule has 0 aliphatic carbocycles. The first-order chi connectivity index (χ1) is 13.0. The average Bonchev–Trinajstić information content (AvgIpc) is 2.62. The van der Waals surface area contributed by atoms with Crippen molar-refractivity contribution >= 4 is 11.8 Å². The lowest BCUT2D eigenvalue weighted by atomic mass is 9.85. The minimum absolute atomic E-state index is 0.0197. The Morgan fingerprint density at radius 2 is 1.93 bits per heavy atom. The van der Waals surface area contributed by atoms with Gasteiger partial charge in [0, 0.05) is 24.1 Å². The Morgan fingerprint density at radius 3 is 2.61 bits per heavy atom. The van der Waals surface area contributed by atoms with Crippen LogP contribution in [0.25, 0.3) is 0 Å². The van der Waals surface area contributed by atoms with Gasteiger partial charge in [0.05, 0.1) is 6.61 Å². The van der Waals surface area contributed by atoms with E-state index >= 15 is 0 Å². The number of aliphatic hydroxyl groups excluding tert-OH is 1. The summed E-state index contributed by atoms with van der Waals surface area (Å²) in [5, 5.41) is 15.1. The second-order valence-electron chi connectivity index (χ2n) is 8.08. The number of amides is 2. The van der Waals surface area contributed by atoms with E-state index in [4.69, 9.17) is 9.47 Å². The number of ether oxygens (including phenoxy) is 2. The number of hydrogen-bond acceptors (Lipinski definition) is 5. The highest BCUT2D eigenvalue weighted by atomic mass is 19.1. The number of halogens is 1. The quantitative estimate of drug-likeness (QED) is 0.649. The van der Waals surface area contributed by atoms with Crippen molar-refractivity contribution in [3.8, 4) is 0 Å². The van der Waals surface area contributed by atoms with E-state index in [1.807, 2.05) is 13.8 Å². The summed E-state index contributed by atoms with van der Waals surface area (Å²) >= 11 is 0. The third-order valence-electron chi connectivity index (χ3n) is 4.57. The van der Waals surface area contributed by atoms with E-state index in [1.54, 1.807) is 32.0 Å². The highest BCUT2D eigenvalue weighted by Gasteiger charge is 2.45. The number of benzene rings is 1. The van der Waals surface area contributed by atoms with Crippen LogP contribution in [-0.4, -0.2) is 48.1 Å². The molecule has 3 N–H and O–H groups in total. The van der Waals surface area contributed by atoms with Crippen molar-refractivity contribution in [3.63, 3.8) is 0 Å². The largest absolute Gasteiger partial charge is 0.383 e. The molecule has 0 spiro atoms. The number of aliphatic hydroxyl groups is 1. The van der Waals surface area contributed by atoms with Gasteiger partial charge in [0.15, 0.2) is 5.79 Å². The van der Waals surface area contributed by atoms with Crippen LogP contribution in [0.5, 0.6) is 0 Å². The predicted octanol–water partition coefficient (Wildman–Crippen LogP) is 1.49. The average molecular weight is 396 g/mol. The van der Waals surface area contributed by atoms with Gasteiger partial charge >= 0.3 is 0 Å². The van der Waals surface area contributed by atoms with Gasteiger partial charge < -0.3 is 25.2 Å². The third-order valence-corrected chi connectivity index (χ3v) is 4.57. The molecular formula is C20H29FN2O5. The van der Waals surface area contributed by atoms with Crippen molar-refractivity contribution in [1.29, 1.82) is 0 Å². The fourth-order valence-corrected chi connectivity index (χ4v) is 2.82. The van der Waals surface area contributed by atoms with E-state index in [-0.39, 0.29) is 25.4 Å². The molecule has 28 heavy (non-hydrogen) atoms. The van der Waals surface area contributed by atoms with E-state index in [9.17, 15) is 19.1 Å². The van der Waals surface area contributed by atoms with Gasteiger partial charge in [-0.3, -0.25) is 9.59 Å². The summed E-state index contributed by atoms with van der Waals surface area (Å²) in [5.74, 6) is -2.22. The summed E-state index contributed by atoms with van der Waals surface area (Å²) in [6, 6.07) is 6.08. The van der Waals surface area contributed by atoms with Gasteiger partial charge in [-0.05, 0) is 26.3 Å². The molecule has 1 heterocycles. The molecular weight excluding hydrogens is 367 g/mol. The zero-order chi connectivity index (χ0) is 20.9.